The van der Waals surface area contributed by atoms with E-state index in [9.17, 15) is 8.42 Å². The first-order valence-electron chi connectivity index (χ1n) is 7.94. The molecule has 1 aromatic heterocycles. The van der Waals surface area contributed by atoms with Crippen molar-refractivity contribution in [3.05, 3.63) is 11.8 Å². The average molecular weight is 326 g/mol. The van der Waals surface area contributed by atoms with Gasteiger partial charge in [-0.3, -0.25) is 0 Å². The number of unbranched alkanes of at least 4 members (excludes halogenated alkanes) is 2. The Kier molecular flexibility index (Phi) is 5.61. The van der Waals surface area contributed by atoms with Gasteiger partial charge in [-0.1, -0.05) is 19.8 Å². The van der Waals surface area contributed by atoms with Crippen molar-refractivity contribution < 1.29 is 8.42 Å². The number of rotatable bonds is 7. The number of hydrogen-bond donors (Lipinski definition) is 1. The summed E-state index contributed by atoms with van der Waals surface area (Å²) in [5.41, 5.74) is 0.885. The summed E-state index contributed by atoms with van der Waals surface area (Å²) in [5.74, 6) is 1.89. The van der Waals surface area contributed by atoms with Crippen LogP contribution in [0.1, 0.15) is 38.3 Å². The van der Waals surface area contributed by atoms with Crippen LogP contribution < -0.4 is 10.2 Å². The lowest BCUT2D eigenvalue weighted by Crippen LogP contribution is -2.33. The molecule has 1 unspecified atom stereocenters. The lowest BCUT2D eigenvalue weighted by molar-refractivity contribution is 0.600. The molecule has 0 bridgehead atoms. The molecule has 0 amide bonds. The Balaban J connectivity index is 2.05. The van der Waals surface area contributed by atoms with Crippen molar-refractivity contribution in [2.75, 3.05) is 35.3 Å². The van der Waals surface area contributed by atoms with E-state index < -0.39 is 9.84 Å². The molecular weight excluding hydrogens is 300 g/mol. The van der Waals surface area contributed by atoms with Crippen LogP contribution in [0.25, 0.3) is 0 Å². The molecule has 0 spiro atoms. The molecule has 0 saturated carbocycles. The third-order valence-electron chi connectivity index (χ3n) is 4.02. The van der Waals surface area contributed by atoms with Crippen LogP contribution in [-0.4, -0.2) is 49.5 Å². The number of nitrogens with zero attached hydrogens (tertiary/aromatic N) is 3. The molecule has 6 nitrogen and oxygen atoms in total. The summed E-state index contributed by atoms with van der Waals surface area (Å²) in [6, 6.07) is 1.91. The number of sulfone groups is 1. The predicted molar refractivity (Wildman–Crippen MR) is 90.2 cm³/mol. The van der Waals surface area contributed by atoms with E-state index in [4.69, 9.17) is 0 Å². The molecule has 1 fully saturated rings. The second-order valence-electron chi connectivity index (χ2n) is 5.99. The lowest BCUT2D eigenvalue weighted by atomic mass is 10.2. The Hall–Kier alpha value is -1.37. The van der Waals surface area contributed by atoms with E-state index in [0.29, 0.717) is 12.4 Å². The minimum absolute atomic E-state index is 0.00670. The van der Waals surface area contributed by atoms with Crippen LogP contribution in [-0.2, 0) is 9.84 Å². The van der Waals surface area contributed by atoms with Gasteiger partial charge in [0.05, 0.1) is 11.5 Å². The molecule has 0 aromatic carbocycles. The van der Waals surface area contributed by atoms with Crippen LogP contribution in [0.3, 0.4) is 0 Å². The Morgan fingerprint density at radius 1 is 1.36 bits per heavy atom. The van der Waals surface area contributed by atoms with Crippen molar-refractivity contribution in [3.8, 4) is 0 Å². The van der Waals surface area contributed by atoms with Crippen LogP contribution in [0.4, 0.5) is 11.8 Å². The Morgan fingerprint density at radius 3 is 2.77 bits per heavy atom. The summed E-state index contributed by atoms with van der Waals surface area (Å²) in [5, 5.41) is 3.26. The maximum Gasteiger partial charge on any atom is 0.224 e. The summed E-state index contributed by atoms with van der Waals surface area (Å²) < 4.78 is 23.3. The second-order valence-corrected chi connectivity index (χ2v) is 8.22. The van der Waals surface area contributed by atoms with E-state index in [2.05, 4.69) is 22.2 Å². The third kappa shape index (κ3) is 4.56. The van der Waals surface area contributed by atoms with Gasteiger partial charge in [-0.05, 0) is 19.8 Å². The monoisotopic (exact) mass is 326 g/mol. The highest BCUT2D eigenvalue weighted by atomic mass is 32.2. The minimum atomic E-state index is -2.89. The van der Waals surface area contributed by atoms with Gasteiger partial charge in [0, 0.05) is 31.4 Å². The summed E-state index contributed by atoms with van der Waals surface area (Å²) in [6.45, 7) is 4.96. The highest BCUT2D eigenvalue weighted by Crippen LogP contribution is 2.22. The molecule has 1 N–H and O–H groups in total. The number of aromatic nitrogens is 2. The number of anilines is 2. The second kappa shape index (κ2) is 7.26. The van der Waals surface area contributed by atoms with E-state index in [1.54, 1.807) is 0 Å². The highest BCUT2D eigenvalue weighted by molar-refractivity contribution is 7.91. The first-order chi connectivity index (χ1) is 10.4. The van der Waals surface area contributed by atoms with Crippen molar-refractivity contribution in [3.63, 3.8) is 0 Å². The quantitative estimate of drug-likeness (QED) is 0.773. The molecule has 0 radical (unpaired) electrons. The van der Waals surface area contributed by atoms with E-state index in [-0.39, 0.29) is 17.5 Å². The lowest BCUT2D eigenvalue weighted by Gasteiger charge is -2.25. The molecule has 2 rings (SSSR count). The van der Waals surface area contributed by atoms with Crippen LogP contribution in [0.5, 0.6) is 0 Å². The van der Waals surface area contributed by atoms with E-state index >= 15 is 0 Å². The molecule has 0 aliphatic carbocycles. The fraction of sp³-hybridized carbons (Fsp3) is 0.733. The molecule has 1 aromatic rings. The third-order valence-corrected chi connectivity index (χ3v) is 5.77. The molecule has 1 aliphatic rings. The molecule has 2 heterocycles. The topological polar surface area (TPSA) is 75.2 Å². The molecule has 7 heteroatoms. The van der Waals surface area contributed by atoms with Crippen LogP contribution in [0, 0.1) is 6.92 Å². The van der Waals surface area contributed by atoms with Gasteiger partial charge in [-0.25, -0.2) is 13.4 Å². The standard InChI is InChI=1S/C15H26N4O2S/c1-4-5-6-8-16-15-17-12(2)10-14(18-15)19(3)13-7-9-22(20,21)11-13/h10,13H,4-9,11H2,1-3H3,(H,16,17,18). The van der Waals surface area contributed by atoms with Crippen molar-refractivity contribution in [2.24, 2.45) is 0 Å². The number of hydrogen-bond acceptors (Lipinski definition) is 6. The zero-order valence-corrected chi connectivity index (χ0v) is 14.5. The minimum Gasteiger partial charge on any atom is -0.355 e. The van der Waals surface area contributed by atoms with E-state index in [1.165, 1.54) is 12.8 Å². The number of aryl methyl sites for hydroxylation is 1. The summed E-state index contributed by atoms with van der Waals surface area (Å²) in [7, 11) is -0.979. The molecule has 1 saturated heterocycles. The Bertz CT molecular complexity index is 604. The zero-order valence-electron chi connectivity index (χ0n) is 13.7. The van der Waals surface area contributed by atoms with Crippen molar-refractivity contribution >= 4 is 21.6 Å². The molecular formula is C15H26N4O2S. The zero-order chi connectivity index (χ0) is 16.2. The molecule has 124 valence electrons. The van der Waals surface area contributed by atoms with Crippen LogP contribution in [0.2, 0.25) is 0 Å². The van der Waals surface area contributed by atoms with Crippen LogP contribution in [0.15, 0.2) is 6.07 Å². The van der Waals surface area contributed by atoms with Crippen molar-refractivity contribution in [2.45, 2.75) is 45.6 Å². The van der Waals surface area contributed by atoms with Gasteiger partial charge in [0.25, 0.3) is 0 Å². The van der Waals surface area contributed by atoms with Crippen molar-refractivity contribution in [1.82, 2.24) is 9.97 Å². The van der Waals surface area contributed by atoms with E-state index in [0.717, 1.165) is 24.5 Å². The largest absolute Gasteiger partial charge is 0.355 e. The SMILES string of the molecule is CCCCCNc1nc(C)cc(N(C)C2CCS(=O)(=O)C2)n1. The fourth-order valence-electron chi connectivity index (χ4n) is 2.65. The van der Waals surface area contributed by atoms with Crippen LogP contribution >= 0.6 is 0 Å². The smallest absolute Gasteiger partial charge is 0.224 e. The van der Waals surface area contributed by atoms with Gasteiger partial charge >= 0.3 is 0 Å². The summed E-state index contributed by atoms with van der Waals surface area (Å²) >= 11 is 0. The summed E-state index contributed by atoms with van der Waals surface area (Å²) in [6.07, 6.45) is 4.13. The van der Waals surface area contributed by atoms with Gasteiger partial charge in [0.2, 0.25) is 5.95 Å². The maximum atomic E-state index is 11.6. The first-order valence-corrected chi connectivity index (χ1v) is 9.76. The van der Waals surface area contributed by atoms with Gasteiger partial charge in [-0.15, -0.1) is 0 Å². The Labute approximate surface area is 133 Å². The highest BCUT2D eigenvalue weighted by Gasteiger charge is 2.31. The van der Waals surface area contributed by atoms with Gasteiger partial charge < -0.3 is 10.2 Å². The van der Waals surface area contributed by atoms with Gasteiger partial charge in [0.15, 0.2) is 9.84 Å². The van der Waals surface area contributed by atoms with Gasteiger partial charge in [0.1, 0.15) is 5.82 Å². The van der Waals surface area contributed by atoms with Gasteiger partial charge in [-0.2, -0.15) is 4.98 Å². The number of nitrogens with one attached hydrogen (secondary N) is 1. The molecule has 1 atom stereocenters. The molecule has 22 heavy (non-hydrogen) atoms. The normalized spacial score (nSPS) is 20.0. The predicted octanol–water partition coefficient (Wildman–Crippen LogP) is 2.01. The average Bonchev–Trinajstić information content (AvgIpc) is 2.82. The molecule has 1 aliphatic heterocycles. The van der Waals surface area contributed by atoms with Crippen molar-refractivity contribution in [1.29, 1.82) is 0 Å². The first kappa shape index (κ1) is 17.0. The fourth-order valence-corrected chi connectivity index (χ4v) is 4.43. The Morgan fingerprint density at radius 2 is 2.14 bits per heavy atom. The maximum absolute atomic E-state index is 11.6. The van der Waals surface area contributed by atoms with E-state index in [1.807, 2.05) is 24.9 Å². The summed E-state index contributed by atoms with van der Waals surface area (Å²) in [4.78, 5) is 10.9.